The molecule has 0 saturated carbocycles. The van der Waals surface area contributed by atoms with E-state index in [1.807, 2.05) is 25.1 Å². The summed E-state index contributed by atoms with van der Waals surface area (Å²) >= 11 is 0. The number of nitrogens with zero attached hydrogens (tertiary/aromatic N) is 1. The minimum absolute atomic E-state index is 0.231. The first kappa shape index (κ1) is 14.2. The maximum atomic E-state index is 12.4. The molecular weight excluding hydrogens is 262 g/mol. The summed E-state index contributed by atoms with van der Waals surface area (Å²) in [5, 5.41) is 0. The Balaban J connectivity index is 2.32. The summed E-state index contributed by atoms with van der Waals surface area (Å²) in [5.74, 6) is 1.01. The van der Waals surface area contributed by atoms with Gasteiger partial charge < -0.3 is 4.74 Å². The zero-order chi connectivity index (χ0) is 13.9. The van der Waals surface area contributed by atoms with Crippen molar-refractivity contribution in [3.63, 3.8) is 0 Å². The molecule has 0 saturated heterocycles. The zero-order valence-electron chi connectivity index (χ0n) is 11.6. The number of benzene rings is 1. The largest absolute Gasteiger partial charge is 0.497 e. The molecule has 1 heterocycles. The molecule has 19 heavy (non-hydrogen) atoms. The van der Waals surface area contributed by atoms with E-state index in [1.165, 1.54) is 0 Å². The van der Waals surface area contributed by atoms with Crippen LogP contribution >= 0.6 is 0 Å². The average Bonchev–Trinajstić information content (AvgIpc) is 2.43. The highest BCUT2D eigenvalue weighted by Crippen LogP contribution is 2.32. The molecular formula is C14H21NO3S. The molecule has 0 bridgehead atoms. The molecule has 0 aliphatic carbocycles. The van der Waals surface area contributed by atoms with Gasteiger partial charge in [0.1, 0.15) is 5.75 Å². The molecule has 0 N–H and O–H groups in total. The highest BCUT2D eigenvalue weighted by Gasteiger charge is 2.27. The van der Waals surface area contributed by atoms with E-state index < -0.39 is 10.0 Å². The van der Waals surface area contributed by atoms with Crippen LogP contribution in [0.1, 0.15) is 31.7 Å². The van der Waals surface area contributed by atoms with E-state index in [1.54, 1.807) is 11.4 Å². The molecule has 106 valence electrons. The van der Waals surface area contributed by atoms with Crippen molar-refractivity contribution in [2.75, 3.05) is 23.7 Å². The van der Waals surface area contributed by atoms with Gasteiger partial charge >= 0.3 is 0 Å². The van der Waals surface area contributed by atoms with E-state index in [-0.39, 0.29) is 5.75 Å². The van der Waals surface area contributed by atoms with Crippen LogP contribution in [-0.4, -0.2) is 27.8 Å². The Kier molecular flexibility index (Phi) is 4.34. The van der Waals surface area contributed by atoms with Gasteiger partial charge in [-0.25, -0.2) is 8.42 Å². The maximum absolute atomic E-state index is 12.4. The summed E-state index contributed by atoms with van der Waals surface area (Å²) in [7, 11) is -1.56. The van der Waals surface area contributed by atoms with Gasteiger partial charge in [0.15, 0.2) is 0 Å². The Labute approximate surface area is 115 Å². The van der Waals surface area contributed by atoms with Crippen LogP contribution < -0.4 is 9.04 Å². The highest BCUT2D eigenvalue weighted by molar-refractivity contribution is 7.92. The molecule has 0 unspecified atom stereocenters. The third kappa shape index (κ3) is 3.03. The van der Waals surface area contributed by atoms with Crippen LogP contribution in [0.25, 0.3) is 0 Å². The van der Waals surface area contributed by atoms with Crippen LogP contribution in [0.2, 0.25) is 0 Å². The first-order valence-corrected chi connectivity index (χ1v) is 8.36. The molecule has 1 aliphatic heterocycles. The summed E-state index contributed by atoms with van der Waals surface area (Å²) in [6.07, 6.45) is 3.38. The standard InChI is InChI=1S/C14H21NO3S/c1-3-4-10-19(16,17)15-9-5-6-12-11-13(18-2)7-8-14(12)15/h7-8,11H,3-6,9-10H2,1-2H3. The van der Waals surface area contributed by atoms with Crippen molar-refractivity contribution in [2.24, 2.45) is 0 Å². The van der Waals surface area contributed by atoms with Crippen LogP contribution in [0.3, 0.4) is 0 Å². The van der Waals surface area contributed by atoms with E-state index in [9.17, 15) is 8.42 Å². The average molecular weight is 283 g/mol. The minimum atomic E-state index is -3.19. The second-order valence-corrected chi connectivity index (χ2v) is 6.85. The number of hydrogen-bond donors (Lipinski definition) is 0. The Morgan fingerprint density at radius 1 is 1.37 bits per heavy atom. The summed E-state index contributed by atoms with van der Waals surface area (Å²) in [6, 6.07) is 5.63. The lowest BCUT2D eigenvalue weighted by molar-refractivity contribution is 0.414. The van der Waals surface area contributed by atoms with Crippen LogP contribution in [-0.2, 0) is 16.4 Å². The number of unbranched alkanes of at least 4 members (excludes halogenated alkanes) is 1. The van der Waals surface area contributed by atoms with Crippen LogP contribution in [0.4, 0.5) is 5.69 Å². The zero-order valence-corrected chi connectivity index (χ0v) is 12.4. The summed E-state index contributed by atoms with van der Waals surface area (Å²) in [6.45, 7) is 2.59. The fourth-order valence-corrected chi connectivity index (χ4v) is 4.15. The van der Waals surface area contributed by atoms with Crippen LogP contribution in [0.5, 0.6) is 5.75 Å². The first-order valence-electron chi connectivity index (χ1n) is 6.76. The number of anilines is 1. The second-order valence-electron chi connectivity index (χ2n) is 4.84. The lowest BCUT2D eigenvalue weighted by Crippen LogP contribution is -2.37. The number of hydrogen-bond acceptors (Lipinski definition) is 3. The number of sulfonamides is 1. The topological polar surface area (TPSA) is 46.6 Å². The SMILES string of the molecule is CCCCS(=O)(=O)N1CCCc2cc(OC)ccc21. The molecule has 5 heteroatoms. The number of ether oxygens (including phenoxy) is 1. The lowest BCUT2D eigenvalue weighted by Gasteiger charge is -2.30. The van der Waals surface area contributed by atoms with Gasteiger partial charge in [-0.2, -0.15) is 0 Å². The molecule has 4 nitrogen and oxygen atoms in total. The van der Waals surface area contributed by atoms with Crippen molar-refractivity contribution in [1.82, 2.24) is 0 Å². The maximum Gasteiger partial charge on any atom is 0.235 e. The van der Waals surface area contributed by atoms with Crippen molar-refractivity contribution in [2.45, 2.75) is 32.6 Å². The minimum Gasteiger partial charge on any atom is -0.497 e. The van der Waals surface area contributed by atoms with Gasteiger partial charge in [-0.3, -0.25) is 4.31 Å². The Bertz CT molecular complexity index is 540. The van der Waals surface area contributed by atoms with Gasteiger partial charge in [0.2, 0.25) is 10.0 Å². The first-order chi connectivity index (χ1) is 9.08. The predicted octanol–water partition coefficient (Wildman–Crippen LogP) is 2.58. The van der Waals surface area contributed by atoms with Crippen molar-refractivity contribution in [1.29, 1.82) is 0 Å². The third-order valence-electron chi connectivity index (χ3n) is 3.45. The van der Waals surface area contributed by atoms with Crippen molar-refractivity contribution >= 4 is 15.7 Å². The quantitative estimate of drug-likeness (QED) is 0.834. The number of rotatable bonds is 5. The molecule has 0 atom stereocenters. The molecule has 0 radical (unpaired) electrons. The smallest absolute Gasteiger partial charge is 0.235 e. The molecule has 1 aromatic carbocycles. The third-order valence-corrected chi connectivity index (χ3v) is 5.31. The Hall–Kier alpha value is -1.23. The molecule has 2 rings (SSSR count). The fourth-order valence-electron chi connectivity index (χ4n) is 2.39. The molecule has 0 aromatic heterocycles. The Morgan fingerprint density at radius 2 is 2.16 bits per heavy atom. The molecule has 0 spiro atoms. The highest BCUT2D eigenvalue weighted by atomic mass is 32.2. The van der Waals surface area contributed by atoms with Crippen molar-refractivity contribution in [3.8, 4) is 5.75 Å². The Morgan fingerprint density at radius 3 is 2.84 bits per heavy atom. The lowest BCUT2D eigenvalue weighted by atomic mass is 10.0. The van der Waals surface area contributed by atoms with Gasteiger partial charge in [-0.1, -0.05) is 13.3 Å². The van der Waals surface area contributed by atoms with E-state index in [4.69, 9.17) is 4.74 Å². The summed E-state index contributed by atoms with van der Waals surface area (Å²) in [4.78, 5) is 0. The van der Waals surface area contributed by atoms with Crippen LogP contribution in [0, 0.1) is 0 Å². The molecule has 1 aliphatic rings. The summed E-state index contributed by atoms with van der Waals surface area (Å²) < 4.78 is 31.5. The molecule has 0 fully saturated rings. The molecule has 0 amide bonds. The molecule has 1 aromatic rings. The number of fused-ring (bicyclic) bond motifs is 1. The van der Waals surface area contributed by atoms with Gasteiger partial charge in [0.05, 0.1) is 18.6 Å². The number of methoxy groups -OCH3 is 1. The normalized spacial score (nSPS) is 15.2. The van der Waals surface area contributed by atoms with E-state index >= 15 is 0 Å². The van der Waals surface area contributed by atoms with Crippen LogP contribution in [0.15, 0.2) is 18.2 Å². The fraction of sp³-hybridized carbons (Fsp3) is 0.571. The van der Waals surface area contributed by atoms with Crippen molar-refractivity contribution < 1.29 is 13.2 Å². The van der Waals surface area contributed by atoms with Gasteiger partial charge in [0, 0.05) is 6.54 Å². The number of aryl methyl sites for hydroxylation is 1. The summed E-state index contributed by atoms with van der Waals surface area (Å²) in [5.41, 5.74) is 1.88. The predicted molar refractivity (Wildman–Crippen MR) is 77.4 cm³/mol. The monoisotopic (exact) mass is 283 g/mol. The van der Waals surface area contributed by atoms with Gasteiger partial charge in [-0.15, -0.1) is 0 Å². The van der Waals surface area contributed by atoms with E-state index in [0.29, 0.717) is 13.0 Å². The van der Waals surface area contributed by atoms with E-state index in [2.05, 4.69) is 0 Å². The van der Waals surface area contributed by atoms with Crippen molar-refractivity contribution in [3.05, 3.63) is 23.8 Å². The van der Waals surface area contributed by atoms with E-state index in [0.717, 1.165) is 36.3 Å². The van der Waals surface area contributed by atoms with Gasteiger partial charge in [0.25, 0.3) is 0 Å². The van der Waals surface area contributed by atoms with Gasteiger partial charge in [-0.05, 0) is 43.0 Å². The second kappa shape index (κ2) is 5.82.